The molecule has 0 saturated carbocycles. The van der Waals surface area contributed by atoms with Gasteiger partial charge in [0.15, 0.2) is 5.65 Å². The standard InChI is InChI=1S/C23H17F2N7O2/c1-30-11-14(4-9-18(30)33)19-20(13-2-5-15(24)6-3-13)28-22(26)32-21(19)29-31(23(32)34)12-17-8-7-16(25)10-27-17/h2-11H,12H2,1H3,(H2,26,28). The Morgan fingerprint density at radius 3 is 2.32 bits per heavy atom. The lowest BCUT2D eigenvalue weighted by Crippen LogP contribution is -2.24. The zero-order chi connectivity index (χ0) is 24.0. The van der Waals surface area contributed by atoms with Gasteiger partial charge < -0.3 is 10.3 Å². The van der Waals surface area contributed by atoms with Crippen molar-refractivity contribution in [2.24, 2.45) is 7.05 Å². The summed E-state index contributed by atoms with van der Waals surface area (Å²) in [6.45, 7) is -0.0289. The van der Waals surface area contributed by atoms with Gasteiger partial charge in [-0.25, -0.2) is 27.6 Å². The number of aromatic nitrogens is 6. The van der Waals surface area contributed by atoms with Crippen molar-refractivity contribution in [3.05, 3.63) is 99.1 Å². The Balaban J connectivity index is 1.80. The summed E-state index contributed by atoms with van der Waals surface area (Å²) >= 11 is 0. The van der Waals surface area contributed by atoms with Gasteiger partial charge in [0.25, 0.3) is 0 Å². The molecule has 0 aliphatic heterocycles. The van der Waals surface area contributed by atoms with E-state index >= 15 is 0 Å². The highest BCUT2D eigenvalue weighted by molar-refractivity contribution is 5.90. The van der Waals surface area contributed by atoms with Gasteiger partial charge in [0.2, 0.25) is 11.5 Å². The largest absolute Gasteiger partial charge is 0.369 e. The fraction of sp³-hybridized carbons (Fsp3) is 0.0870. The lowest BCUT2D eigenvalue weighted by atomic mass is 10.0. The van der Waals surface area contributed by atoms with Crippen molar-refractivity contribution in [1.29, 1.82) is 0 Å². The third kappa shape index (κ3) is 3.62. The van der Waals surface area contributed by atoms with Gasteiger partial charge >= 0.3 is 5.69 Å². The molecule has 0 aliphatic rings. The van der Waals surface area contributed by atoms with Gasteiger partial charge in [-0.3, -0.25) is 9.78 Å². The van der Waals surface area contributed by atoms with E-state index in [4.69, 9.17) is 5.73 Å². The Kier molecular flexibility index (Phi) is 5.01. The summed E-state index contributed by atoms with van der Waals surface area (Å²) in [6, 6.07) is 11.3. The molecule has 5 rings (SSSR count). The van der Waals surface area contributed by atoms with Gasteiger partial charge in [-0.2, -0.15) is 0 Å². The lowest BCUT2D eigenvalue weighted by Gasteiger charge is -2.12. The van der Waals surface area contributed by atoms with Crippen molar-refractivity contribution < 1.29 is 8.78 Å². The number of nitrogen functional groups attached to an aromatic ring is 1. The Hall–Kier alpha value is -4.67. The maximum atomic E-state index is 13.6. The van der Waals surface area contributed by atoms with Gasteiger partial charge in [0, 0.05) is 30.4 Å². The molecule has 0 fully saturated rings. The first-order valence-corrected chi connectivity index (χ1v) is 10.1. The number of anilines is 1. The smallest absolute Gasteiger partial charge is 0.353 e. The first-order valence-electron chi connectivity index (χ1n) is 10.1. The summed E-state index contributed by atoms with van der Waals surface area (Å²) < 4.78 is 30.5. The lowest BCUT2D eigenvalue weighted by molar-refractivity contribution is 0.609. The highest BCUT2D eigenvalue weighted by Crippen LogP contribution is 2.34. The van der Waals surface area contributed by atoms with Crippen LogP contribution in [0.15, 0.2) is 70.5 Å². The Labute approximate surface area is 190 Å². The van der Waals surface area contributed by atoms with E-state index in [0.29, 0.717) is 28.1 Å². The van der Waals surface area contributed by atoms with Crippen LogP contribution in [0.2, 0.25) is 0 Å². The Bertz CT molecular complexity index is 1650. The van der Waals surface area contributed by atoms with Crippen LogP contribution in [-0.4, -0.2) is 28.7 Å². The molecule has 34 heavy (non-hydrogen) atoms. The van der Waals surface area contributed by atoms with E-state index in [-0.39, 0.29) is 23.7 Å². The summed E-state index contributed by atoms with van der Waals surface area (Å²) in [7, 11) is 1.59. The van der Waals surface area contributed by atoms with Crippen molar-refractivity contribution >= 4 is 11.6 Å². The first-order chi connectivity index (χ1) is 16.3. The molecule has 0 unspecified atom stereocenters. The number of fused-ring (bicyclic) bond motifs is 1. The molecule has 170 valence electrons. The van der Waals surface area contributed by atoms with Crippen LogP contribution in [0.4, 0.5) is 14.7 Å². The molecule has 9 nitrogen and oxygen atoms in total. The summed E-state index contributed by atoms with van der Waals surface area (Å²) in [5.41, 5.74) is 7.86. The van der Waals surface area contributed by atoms with E-state index in [1.807, 2.05) is 0 Å². The molecule has 1 aromatic carbocycles. The predicted molar refractivity (Wildman–Crippen MR) is 121 cm³/mol. The van der Waals surface area contributed by atoms with Gasteiger partial charge in [0.05, 0.1) is 29.7 Å². The van der Waals surface area contributed by atoms with Crippen molar-refractivity contribution in [2.45, 2.75) is 6.54 Å². The van der Waals surface area contributed by atoms with E-state index in [0.717, 1.165) is 15.3 Å². The average Bonchev–Trinajstić information content (AvgIpc) is 3.14. The molecule has 0 amide bonds. The van der Waals surface area contributed by atoms with Gasteiger partial charge in [-0.1, -0.05) is 0 Å². The molecule has 0 bridgehead atoms. The van der Waals surface area contributed by atoms with E-state index in [2.05, 4.69) is 15.1 Å². The topological polar surface area (TPSA) is 113 Å². The number of hydrogen-bond donors (Lipinski definition) is 1. The SMILES string of the molecule is Cn1cc(-c2c(-c3ccc(F)cc3)nc(N)n3c(=O)n(Cc4ccc(F)cn4)nc23)ccc1=O. The van der Waals surface area contributed by atoms with Crippen LogP contribution in [0.3, 0.4) is 0 Å². The second-order valence-electron chi connectivity index (χ2n) is 7.63. The molecule has 4 aromatic heterocycles. The second-order valence-corrected chi connectivity index (χ2v) is 7.63. The molecule has 0 atom stereocenters. The summed E-state index contributed by atoms with van der Waals surface area (Å²) in [6.07, 6.45) is 2.64. The minimum absolute atomic E-state index is 0.0289. The van der Waals surface area contributed by atoms with Crippen molar-refractivity contribution in [1.82, 2.24) is 28.7 Å². The fourth-order valence-electron chi connectivity index (χ4n) is 3.68. The third-order valence-electron chi connectivity index (χ3n) is 5.35. The first kappa shape index (κ1) is 21.2. The number of rotatable bonds is 4. The third-order valence-corrected chi connectivity index (χ3v) is 5.35. The molecule has 0 spiro atoms. The van der Waals surface area contributed by atoms with Crippen molar-refractivity contribution in [3.63, 3.8) is 0 Å². The van der Waals surface area contributed by atoms with E-state index in [1.54, 1.807) is 19.3 Å². The molecular weight excluding hydrogens is 444 g/mol. The number of aryl methyl sites for hydroxylation is 1. The van der Waals surface area contributed by atoms with Crippen LogP contribution in [-0.2, 0) is 13.6 Å². The Morgan fingerprint density at radius 2 is 1.65 bits per heavy atom. The number of pyridine rings is 2. The average molecular weight is 461 g/mol. The molecule has 5 aromatic rings. The van der Waals surface area contributed by atoms with Crippen LogP contribution >= 0.6 is 0 Å². The van der Waals surface area contributed by atoms with E-state index < -0.39 is 17.3 Å². The van der Waals surface area contributed by atoms with Gasteiger partial charge in [0.1, 0.15) is 11.6 Å². The van der Waals surface area contributed by atoms with Gasteiger partial charge in [-0.15, -0.1) is 5.10 Å². The zero-order valence-electron chi connectivity index (χ0n) is 17.8. The second kappa shape index (κ2) is 8.03. The highest BCUT2D eigenvalue weighted by atomic mass is 19.1. The Morgan fingerprint density at radius 1 is 0.941 bits per heavy atom. The van der Waals surface area contributed by atoms with Crippen LogP contribution in [0.5, 0.6) is 0 Å². The van der Waals surface area contributed by atoms with E-state index in [1.165, 1.54) is 47.0 Å². The summed E-state index contributed by atoms with van der Waals surface area (Å²) in [5.74, 6) is -1.04. The molecule has 0 aliphatic carbocycles. The molecule has 0 saturated heterocycles. The van der Waals surface area contributed by atoms with Crippen molar-refractivity contribution in [2.75, 3.05) is 5.73 Å². The summed E-state index contributed by atoms with van der Waals surface area (Å²) in [4.78, 5) is 33.5. The van der Waals surface area contributed by atoms with Crippen LogP contribution in [0, 0.1) is 11.6 Å². The molecular formula is C23H17F2N7O2. The minimum atomic E-state index is -0.567. The minimum Gasteiger partial charge on any atom is -0.369 e. The number of hydrogen-bond acceptors (Lipinski definition) is 6. The normalized spacial score (nSPS) is 11.3. The number of nitrogens with two attached hydrogens (primary N) is 1. The maximum absolute atomic E-state index is 13.6. The number of benzene rings is 1. The predicted octanol–water partition coefficient (Wildman–Crippen LogP) is 2.23. The summed E-state index contributed by atoms with van der Waals surface area (Å²) in [5, 5.41) is 4.47. The molecule has 11 heteroatoms. The van der Waals surface area contributed by atoms with Crippen molar-refractivity contribution in [3.8, 4) is 22.4 Å². The molecule has 4 heterocycles. The van der Waals surface area contributed by atoms with Crippen LogP contribution in [0.25, 0.3) is 28.0 Å². The van der Waals surface area contributed by atoms with Crippen LogP contribution < -0.4 is 17.0 Å². The quantitative estimate of drug-likeness (QED) is 0.439. The molecule has 2 N–H and O–H groups in total. The number of nitrogens with zero attached hydrogens (tertiary/aromatic N) is 6. The highest BCUT2D eigenvalue weighted by Gasteiger charge is 2.22. The molecule has 0 radical (unpaired) electrons. The maximum Gasteiger partial charge on any atom is 0.353 e. The zero-order valence-corrected chi connectivity index (χ0v) is 17.8. The fourth-order valence-corrected chi connectivity index (χ4v) is 3.68. The monoisotopic (exact) mass is 461 g/mol. The number of halogens is 2. The van der Waals surface area contributed by atoms with Gasteiger partial charge in [-0.05, 0) is 42.5 Å². The van der Waals surface area contributed by atoms with E-state index in [9.17, 15) is 18.4 Å². The van der Waals surface area contributed by atoms with Crippen LogP contribution in [0.1, 0.15) is 5.69 Å².